The zero-order chi connectivity index (χ0) is 20.3. The monoisotopic (exact) mass is 395 g/mol. The SMILES string of the molecule is CCOC(=O)c1nccc2nn(Cc3cnc(OCC(F)(F)F)c(C)n3)cc12. The van der Waals surface area contributed by atoms with Crippen LogP contribution in [-0.2, 0) is 11.3 Å². The fourth-order valence-electron chi connectivity index (χ4n) is 2.49. The Morgan fingerprint density at radius 1 is 1.29 bits per heavy atom. The molecule has 0 unspecified atom stereocenters. The zero-order valence-corrected chi connectivity index (χ0v) is 15.0. The van der Waals surface area contributed by atoms with Crippen LogP contribution in [0.25, 0.3) is 10.9 Å². The fourth-order valence-corrected chi connectivity index (χ4v) is 2.49. The van der Waals surface area contributed by atoms with E-state index in [2.05, 4.69) is 24.8 Å². The molecule has 3 heterocycles. The van der Waals surface area contributed by atoms with Gasteiger partial charge in [0.15, 0.2) is 12.3 Å². The molecule has 0 aromatic carbocycles. The standard InChI is InChI=1S/C17H16F3N5O3/c1-3-27-16(26)14-12-8-25(24-13(12)4-5-21-14)7-11-6-22-15(10(2)23-11)28-9-17(18,19)20/h4-6,8H,3,7,9H2,1-2H3. The highest BCUT2D eigenvalue weighted by molar-refractivity contribution is 6.01. The van der Waals surface area contributed by atoms with E-state index in [1.165, 1.54) is 24.0 Å². The van der Waals surface area contributed by atoms with Gasteiger partial charge >= 0.3 is 12.1 Å². The first-order valence-corrected chi connectivity index (χ1v) is 8.28. The summed E-state index contributed by atoms with van der Waals surface area (Å²) < 4.78 is 47.9. The molecule has 3 aromatic heterocycles. The average molecular weight is 395 g/mol. The minimum atomic E-state index is -4.45. The van der Waals surface area contributed by atoms with Crippen molar-refractivity contribution in [3.63, 3.8) is 0 Å². The van der Waals surface area contributed by atoms with Crippen LogP contribution in [0.3, 0.4) is 0 Å². The second kappa shape index (κ2) is 7.79. The van der Waals surface area contributed by atoms with Crippen LogP contribution in [0.1, 0.15) is 28.8 Å². The lowest BCUT2D eigenvalue weighted by molar-refractivity contribution is -0.154. The van der Waals surface area contributed by atoms with Gasteiger partial charge in [-0.2, -0.15) is 18.3 Å². The number of alkyl halides is 3. The van der Waals surface area contributed by atoms with E-state index in [0.717, 1.165) is 0 Å². The van der Waals surface area contributed by atoms with Crippen molar-refractivity contribution < 1.29 is 27.4 Å². The Balaban J connectivity index is 1.80. The van der Waals surface area contributed by atoms with Crippen LogP contribution in [0.5, 0.6) is 5.88 Å². The maximum atomic E-state index is 12.3. The molecule has 0 fully saturated rings. The van der Waals surface area contributed by atoms with E-state index in [1.807, 2.05) is 0 Å². The number of nitrogens with zero attached hydrogens (tertiary/aromatic N) is 5. The summed E-state index contributed by atoms with van der Waals surface area (Å²) >= 11 is 0. The molecule has 0 bridgehead atoms. The molecule has 28 heavy (non-hydrogen) atoms. The number of hydrogen-bond donors (Lipinski definition) is 0. The van der Waals surface area contributed by atoms with Crippen LogP contribution >= 0.6 is 0 Å². The molecule has 0 amide bonds. The molecule has 0 saturated heterocycles. The molecule has 0 atom stereocenters. The molecule has 0 spiro atoms. The number of carbonyl (C=O) groups is 1. The van der Waals surface area contributed by atoms with Crippen LogP contribution in [0.15, 0.2) is 24.7 Å². The van der Waals surface area contributed by atoms with Crippen molar-refractivity contribution in [3.05, 3.63) is 41.7 Å². The summed E-state index contributed by atoms with van der Waals surface area (Å²) in [6.45, 7) is 2.19. The van der Waals surface area contributed by atoms with Crippen molar-refractivity contribution in [1.29, 1.82) is 0 Å². The van der Waals surface area contributed by atoms with Gasteiger partial charge in [0.2, 0.25) is 5.88 Å². The molecule has 0 aliphatic heterocycles. The Labute approximate surface area is 157 Å². The van der Waals surface area contributed by atoms with Gasteiger partial charge in [0.25, 0.3) is 0 Å². The second-order valence-corrected chi connectivity index (χ2v) is 5.80. The van der Waals surface area contributed by atoms with E-state index < -0.39 is 18.8 Å². The highest BCUT2D eigenvalue weighted by Gasteiger charge is 2.29. The minimum Gasteiger partial charge on any atom is -0.467 e. The van der Waals surface area contributed by atoms with Crippen LogP contribution in [-0.4, -0.2) is 50.1 Å². The number of ether oxygens (including phenoxy) is 2. The molecule has 0 saturated carbocycles. The largest absolute Gasteiger partial charge is 0.467 e. The lowest BCUT2D eigenvalue weighted by Gasteiger charge is -2.10. The molecule has 0 N–H and O–H groups in total. The summed E-state index contributed by atoms with van der Waals surface area (Å²) in [7, 11) is 0. The van der Waals surface area contributed by atoms with Crippen molar-refractivity contribution in [1.82, 2.24) is 24.7 Å². The van der Waals surface area contributed by atoms with Gasteiger partial charge in [0.1, 0.15) is 0 Å². The first kappa shape index (κ1) is 19.5. The topological polar surface area (TPSA) is 92.0 Å². The summed E-state index contributed by atoms with van der Waals surface area (Å²) in [4.78, 5) is 24.1. The predicted molar refractivity (Wildman–Crippen MR) is 90.9 cm³/mol. The molecular formula is C17H16F3N5O3. The maximum absolute atomic E-state index is 12.3. The summed E-state index contributed by atoms with van der Waals surface area (Å²) in [6.07, 6.45) is -0.0511. The Kier molecular flexibility index (Phi) is 5.43. The lowest BCUT2D eigenvalue weighted by Crippen LogP contribution is -2.20. The third-order valence-electron chi connectivity index (χ3n) is 3.60. The number of rotatable bonds is 6. The van der Waals surface area contributed by atoms with E-state index in [4.69, 9.17) is 4.74 Å². The van der Waals surface area contributed by atoms with Crippen LogP contribution in [0.4, 0.5) is 13.2 Å². The average Bonchev–Trinajstić information content (AvgIpc) is 3.02. The summed E-state index contributed by atoms with van der Waals surface area (Å²) in [6, 6.07) is 1.65. The van der Waals surface area contributed by atoms with Gasteiger partial charge in [-0.25, -0.2) is 19.7 Å². The van der Waals surface area contributed by atoms with Crippen LogP contribution in [0, 0.1) is 6.92 Å². The second-order valence-electron chi connectivity index (χ2n) is 5.80. The Hall–Kier alpha value is -3.24. The number of aromatic nitrogens is 5. The van der Waals surface area contributed by atoms with E-state index >= 15 is 0 Å². The fraction of sp³-hybridized carbons (Fsp3) is 0.353. The quantitative estimate of drug-likeness (QED) is 0.593. The molecule has 0 radical (unpaired) electrons. The molecule has 8 nitrogen and oxygen atoms in total. The summed E-state index contributed by atoms with van der Waals surface area (Å²) in [5, 5.41) is 4.88. The van der Waals surface area contributed by atoms with E-state index in [9.17, 15) is 18.0 Å². The minimum absolute atomic E-state index is 0.156. The first-order chi connectivity index (χ1) is 13.3. The Morgan fingerprint density at radius 3 is 2.75 bits per heavy atom. The van der Waals surface area contributed by atoms with Gasteiger partial charge in [-0.15, -0.1) is 0 Å². The molecule has 0 aliphatic carbocycles. The molecule has 0 aliphatic rings. The molecular weight excluding hydrogens is 379 g/mol. The normalized spacial score (nSPS) is 11.6. The highest BCUT2D eigenvalue weighted by Crippen LogP contribution is 2.20. The van der Waals surface area contributed by atoms with Gasteiger partial charge < -0.3 is 9.47 Å². The molecule has 11 heteroatoms. The van der Waals surface area contributed by atoms with Crippen molar-refractivity contribution >= 4 is 16.9 Å². The van der Waals surface area contributed by atoms with Gasteiger partial charge in [-0.05, 0) is 19.9 Å². The smallest absolute Gasteiger partial charge is 0.422 e. The van der Waals surface area contributed by atoms with E-state index in [-0.39, 0.29) is 30.4 Å². The number of aryl methyl sites for hydroxylation is 1. The predicted octanol–water partition coefficient (Wildman–Crippen LogP) is 2.70. The number of carbonyl (C=O) groups excluding carboxylic acids is 1. The summed E-state index contributed by atoms with van der Waals surface area (Å²) in [5.74, 6) is -0.727. The number of fused-ring (bicyclic) bond motifs is 1. The number of pyridine rings is 1. The third-order valence-corrected chi connectivity index (χ3v) is 3.60. The first-order valence-electron chi connectivity index (χ1n) is 8.28. The summed E-state index contributed by atoms with van der Waals surface area (Å²) in [5.41, 5.74) is 1.40. The molecule has 3 rings (SSSR count). The van der Waals surface area contributed by atoms with E-state index in [1.54, 1.807) is 19.2 Å². The number of halogens is 3. The Morgan fingerprint density at radius 2 is 2.07 bits per heavy atom. The van der Waals surface area contributed by atoms with Crippen LogP contribution < -0.4 is 4.74 Å². The van der Waals surface area contributed by atoms with Crippen molar-refractivity contribution in [2.24, 2.45) is 0 Å². The lowest BCUT2D eigenvalue weighted by atomic mass is 10.2. The Bertz CT molecular complexity index is 1000. The highest BCUT2D eigenvalue weighted by atomic mass is 19.4. The van der Waals surface area contributed by atoms with Gasteiger partial charge in [0.05, 0.1) is 41.6 Å². The van der Waals surface area contributed by atoms with Gasteiger partial charge in [-0.1, -0.05) is 0 Å². The van der Waals surface area contributed by atoms with Crippen LogP contribution in [0.2, 0.25) is 0 Å². The number of hydrogen-bond acceptors (Lipinski definition) is 7. The zero-order valence-electron chi connectivity index (χ0n) is 15.0. The molecule has 148 valence electrons. The van der Waals surface area contributed by atoms with Crippen molar-refractivity contribution in [2.45, 2.75) is 26.6 Å². The molecule has 3 aromatic rings. The maximum Gasteiger partial charge on any atom is 0.422 e. The number of esters is 1. The van der Waals surface area contributed by atoms with Gasteiger partial charge in [0, 0.05) is 12.4 Å². The third kappa shape index (κ3) is 4.53. The van der Waals surface area contributed by atoms with Crippen molar-refractivity contribution in [3.8, 4) is 5.88 Å². The van der Waals surface area contributed by atoms with E-state index in [0.29, 0.717) is 16.6 Å². The van der Waals surface area contributed by atoms with Crippen molar-refractivity contribution in [2.75, 3.05) is 13.2 Å². The van der Waals surface area contributed by atoms with Gasteiger partial charge in [-0.3, -0.25) is 4.68 Å².